The van der Waals surface area contributed by atoms with E-state index in [1.807, 2.05) is 30.3 Å². The number of hydrogen-bond donors (Lipinski definition) is 2. The number of nitrogens with one attached hydrogen (secondary N) is 1. The lowest BCUT2D eigenvalue weighted by molar-refractivity contribution is -0.122. The summed E-state index contributed by atoms with van der Waals surface area (Å²) in [6, 6.07) is 17.0. The van der Waals surface area contributed by atoms with Crippen molar-refractivity contribution in [2.75, 3.05) is 58.4 Å². The molecule has 2 N–H and O–H groups in total. The number of carbonyl (C=O) groups is 3. The van der Waals surface area contributed by atoms with Crippen LogP contribution in [-0.2, 0) is 14.3 Å². The molecule has 0 aromatic heterocycles. The number of amides is 2. The van der Waals surface area contributed by atoms with Crippen molar-refractivity contribution in [1.29, 1.82) is 0 Å². The summed E-state index contributed by atoms with van der Waals surface area (Å²) in [7, 11) is 1.58. The highest BCUT2D eigenvalue weighted by Crippen LogP contribution is 2.38. The Bertz CT molecular complexity index is 1660. The normalized spacial score (nSPS) is 16.1. The molecule has 2 saturated heterocycles. The van der Waals surface area contributed by atoms with E-state index in [4.69, 9.17) is 43.1 Å². The molecule has 5 rings (SSSR count). The zero-order valence-corrected chi connectivity index (χ0v) is 27.4. The molecule has 2 amide bonds. The van der Waals surface area contributed by atoms with Crippen LogP contribution in [0.3, 0.4) is 0 Å². The minimum atomic E-state index is -1.05. The van der Waals surface area contributed by atoms with Gasteiger partial charge in [-0.1, -0.05) is 41.6 Å². The predicted octanol–water partition coefficient (Wildman–Crippen LogP) is 5.65. The van der Waals surface area contributed by atoms with E-state index in [9.17, 15) is 14.4 Å². The molecule has 0 atom stereocenters. The fourth-order valence-electron chi connectivity index (χ4n) is 4.89. The van der Waals surface area contributed by atoms with Gasteiger partial charge in [-0.2, -0.15) is 0 Å². The lowest BCUT2D eigenvalue weighted by atomic mass is 10.0. The topological polar surface area (TPSA) is 118 Å². The summed E-state index contributed by atoms with van der Waals surface area (Å²) in [4.78, 5) is 41.2. The minimum absolute atomic E-state index is 0.00174. The van der Waals surface area contributed by atoms with E-state index >= 15 is 0 Å². The first kappa shape index (κ1) is 33.4. The van der Waals surface area contributed by atoms with Gasteiger partial charge in [-0.05, 0) is 66.2 Å². The number of thioether (sulfide) groups is 1. The number of carboxylic acid groups (broad SMARTS) is 1. The third-order valence-electron chi connectivity index (χ3n) is 7.40. The van der Waals surface area contributed by atoms with Gasteiger partial charge in [0, 0.05) is 49.4 Å². The average molecular weight is 682 g/mol. The molecule has 2 fully saturated rings. The van der Waals surface area contributed by atoms with Crippen molar-refractivity contribution in [2.45, 2.75) is 6.42 Å². The third kappa shape index (κ3) is 8.45. The number of thiocarbonyl (C=S) groups is 1. The second-order valence-corrected chi connectivity index (χ2v) is 12.5. The molecule has 0 aliphatic carbocycles. The largest absolute Gasteiger partial charge is 0.497 e. The third-order valence-corrected chi connectivity index (χ3v) is 9.09. The highest BCUT2D eigenvalue weighted by Gasteiger charge is 2.32. The molecular weight excluding hydrogens is 650 g/mol. The summed E-state index contributed by atoms with van der Waals surface area (Å²) in [6.07, 6.45) is 1.76. The molecule has 10 nitrogen and oxygen atoms in total. The first-order chi connectivity index (χ1) is 22.2. The van der Waals surface area contributed by atoms with Crippen LogP contribution in [0.15, 0.2) is 65.6 Å². The molecule has 2 aliphatic heterocycles. The summed E-state index contributed by atoms with van der Waals surface area (Å²) in [5, 5.41) is 12.3. The maximum Gasteiger partial charge on any atom is 0.335 e. The van der Waals surface area contributed by atoms with Crippen molar-refractivity contribution < 1.29 is 33.7 Å². The Morgan fingerprint density at radius 2 is 1.85 bits per heavy atom. The summed E-state index contributed by atoms with van der Waals surface area (Å²) < 4.78 is 17.3. The number of ether oxygens (including phenoxy) is 3. The minimum Gasteiger partial charge on any atom is -0.497 e. The first-order valence-electron chi connectivity index (χ1n) is 14.5. The Balaban J connectivity index is 1.31. The summed E-state index contributed by atoms with van der Waals surface area (Å²) in [5.74, 6) is -0.434. The number of rotatable bonds is 12. The van der Waals surface area contributed by atoms with Crippen LogP contribution < -0.4 is 14.8 Å². The van der Waals surface area contributed by atoms with Gasteiger partial charge in [-0.25, -0.2) is 4.79 Å². The molecule has 0 spiro atoms. The highest BCUT2D eigenvalue weighted by atomic mass is 35.5. The standard InChI is InChI=1S/C33H32ClN3O7S2/c1-42-25-7-8-26(27(34)20-25)22-4-9-28(44-17-14-36-12-15-43-16-13-36)23(18-22)19-29-31(39)37(33(45)46-29)11-10-30(38)35-24-5-2-21(3-6-24)32(40)41/h2-9,18-20H,10-17H2,1H3,(H,35,38)(H,40,41). The van der Waals surface area contributed by atoms with Gasteiger partial charge in [-0.3, -0.25) is 19.4 Å². The molecule has 0 radical (unpaired) electrons. The van der Waals surface area contributed by atoms with Crippen molar-refractivity contribution in [1.82, 2.24) is 9.80 Å². The molecule has 2 aliphatic rings. The number of methoxy groups -OCH3 is 1. The van der Waals surface area contributed by atoms with Gasteiger partial charge in [0.15, 0.2) is 0 Å². The zero-order valence-electron chi connectivity index (χ0n) is 25.0. The van der Waals surface area contributed by atoms with Crippen LogP contribution in [0.25, 0.3) is 17.2 Å². The number of carboxylic acids is 1. The zero-order chi connectivity index (χ0) is 32.6. The molecule has 0 unspecified atom stereocenters. The summed E-state index contributed by atoms with van der Waals surface area (Å²) in [5.41, 5.74) is 2.90. The smallest absolute Gasteiger partial charge is 0.335 e. The molecule has 0 saturated carbocycles. The predicted molar refractivity (Wildman–Crippen MR) is 183 cm³/mol. The van der Waals surface area contributed by atoms with Gasteiger partial charge in [0.25, 0.3) is 5.91 Å². The summed E-state index contributed by atoms with van der Waals surface area (Å²) in [6.45, 7) is 4.38. The molecule has 13 heteroatoms. The Kier molecular flexibility index (Phi) is 11.3. The van der Waals surface area contributed by atoms with Crippen LogP contribution in [-0.4, -0.2) is 90.1 Å². The van der Waals surface area contributed by atoms with Gasteiger partial charge in [0.1, 0.15) is 22.4 Å². The van der Waals surface area contributed by atoms with Crippen molar-refractivity contribution in [3.63, 3.8) is 0 Å². The van der Waals surface area contributed by atoms with E-state index < -0.39 is 5.97 Å². The lowest BCUT2D eigenvalue weighted by Crippen LogP contribution is -2.38. The second-order valence-electron chi connectivity index (χ2n) is 10.4. The SMILES string of the molecule is COc1ccc(-c2ccc(OCCN3CCOCC3)c(C=C3SC(=S)N(CCC(=O)Nc4ccc(C(=O)O)cc4)C3=O)c2)c(Cl)c1. The van der Waals surface area contributed by atoms with Gasteiger partial charge in [0.2, 0.25) is 5.91 Å². The average Bonchev–Trinajstić information content (AvgIpc) is 3.32. The fourth-order valence-corrected chi connectivity index (χ4v) is 6.47. The monoisotopic (exact) mass is 681 g/mol. The Labute approximate surface area is 281 Å². The van der Waals surface area contributed by atoms with Gasteiger partial charge in [0.05, 0.1) is 35.8 Å². The Hall–Kier alpha value is -3.94. The van der Waals surface area contributed by atoms with Crippen LogP contribution in [0.4, 0.5) is 5.69 Å². The van der Waals surface area contributed by atoms with Crippen molar-refractivity contribution >= 4 is 69.4 Å². The molecular formula is C33H32ClN3O7S2. The fraction of sp³-hybridized carbons (Fsp3) is 0.273. The first-order valence-corrected chi connectivity index (χ1v) is 16.1. The van der Waals surface area contributed by atoms with E-state index in [2.05, 4.69) is 10.2 Å². The van der Waals surface area contributed by atoms with E-state index in [1.54, 1.807) is 19.3 Å². The van der Waals surface area contributed by atoms with E-state index in [1.165, 1.54) is 29.2 Å². The molecule has 2 heterocycles. The number of hydrogen-bond acceptors (Lipinski definition) is 9. The summed E-state index contributed by atoms with van der Waals surface area (Å²) >= 11 is 13.3. The lowest BCUT2D eigenvalue weighted by Gasteiger charge is -2.26. The Morgan fingerprint density at radius 3 is 2.54 bits per heavy atom. The quantitative estimate of drug-likeness (QED) is 0.183. The maximum atomic E-state index is 13.5. The number of carbonyl (C=O) groups excluding carboxylic acids is 2. The number of halogens is 1. The molecule has 240 valence electrons. The van der Waals surface area contributed by atoms with Gasteiger partial charge < -0.3 is 24.6 Å². The number of morpholine rings is 1. The van der Waals surface area contributed by atoms with E-state index in [0.717, 1.165) is 42.5 Å². The van der Waals surface area contributed by atoms with E-state index in [-0.39, 0.29) is 30.3 Å². The Morgan fingerprint density at radius 1 is 1.09 bits per heavy atom. The van der Waals surface area contributed by atoms with Crippen LogP contribution in [0, 0.1) is 0 Å². The van der Waals surface area contributed by atoms with Crippen molar-refractivity contribution in [3.05, 3.63) is 81.7 Å². The van der Waals surface area contributed by atoms with Crippen LogP contribution in [0.5, 0.6) is 11.5 Å². The molecule has 0 bridgehead atoms. The number of benzene rings is 3. The number of anilines is 1. The second kappa shape index (κ2) is 15.6. The molecule has 3 aromatic carbocycles. The van der Waals surface area contributed by atoms with Crippen LogP contribution in [0.1, 0.15) is 22.3 Å². The van der Waals surface area contributed by atoms with Gasteiger partial charge >= 0.3 is 5.97 Å². The molecule has 46 heavy (non-hydrogen) atoms. The number of nitrogens with zero attached hydrogens (tertiary/aromatic N) is 2. The van der Waals surface area contributed by atoms with Crippen molar-refractivity contribution in [3.8, 4) is 22.6 Å². The highest BCUT2D eigenvalue weighted by molar-refractivity contribution is 8.26. The van der Waals surface area contributed by atoms with E-state index in [0.29, 0.717) is 56.8 Å². The number of aromatic carboxylic acids is 1. The molecule has 3 aromatic rings. The maximum absolute atomic E-state index is 13.5. The van der Waals surface area contributed by atoms with Crippen molar-refractivity contribution in [2.24, 2.45) is 0 Å². The van der Waals surface area contributed by atoms with Crippen LogP contribution >= 0.6 is 35.6 Å². The van der Waals surface area contributed by atoms with Gasteiger partial charge in [-0.15, -0.1) is 0 Å². The van der Waals surface area contributed by atoms with Crippen LogP contribution in [0.2, 0.25) is 5.02 Å².